The fraction of sp³-hybridized carbons (Fsp3) is 0.500. The van der Waals surface area contributed by atoms with E-state index in [-0.39, 0.29) is 35.2 Å². The number of nitrogens with zero attached hydrogens (tertiary/aromatic N) is 2. The Balaban J connectivity index is 1.24. The fourth-order valence-electron chi connectivity index (χ4n) is 6.28. The molecule has 3 aromatic rings. The highest BCUT2D eigenvalue weighted by Gasteiger charge is 2.36. The number of carboxylic acid groups (broad SMARTS) is 1. The van der Waals surface area contributed by atoms with Gasteiger partial charge in [0, 0.05) is 48.6 Å². The number of sulfonamides is 1. The summed E-state index contributed by atoms with van der Waals surface area (Å²) in [5, 5.41) is 9.86. The molecule has 1 aliphatic heterocycles. The monoisotopic (exact) mass is 595 g/mol. The van der Waals surface area contributed by atoms with Crippen LogP contribution in [0.2, 0.25) is 0 Å². The lowest BCUT2D eigenvalue weighted by Gasteiger charge is -2.41. The van der Waals surface area contributed by atoms with E-state index in [1.807, 2.05) is 52.9 Å². The van der Waals surface area contributed by atoms with E-state index in [4.69, 9.17) is 9.84 Å². The van der Waals surface area contributed by atoms with Crippen LogP contribution in [0.1, 0.15) is 51.5 Å². The summed E-state index contributed by atoms with van der Waals surface area (Å²) in [5.41, 5.74) is 3.68. The van der Waals surface area contributed by atoms with Crippen molar-refractivity contribution < 1.29 is 27.9 Å². The predicted octanol–water partition coefficient (Wildman–Crippen LogP) is 4.58. The van der Waals surface area contributed by atoms with Gasteiger partial charge in [-0.2, -0.15) is 0 Å². The molecule has 9 nitrogen and oxygen atoms in total. The third-order valence-corrected chi connectivity index (χ3v) is 10.3. The molecule has 1 atom stereocenters. The molecule has 5 rings (SSSR count). The molecule has 1 amide bonds. The molecule has 10 heteroatoms. The van der Waals surface area contributed by atoms with Crippen LogP contribution in [-0.2, 0) is 37.8 Å². The van der Waals surface area contributed by atoms with Crippen molar-refractivity contribution in [3.8, 4) is 11.3 Å². The standard InChI is InChI=1S/C32H41N3O6S/c1-21(2)30-20-41-17-16-35(30)32(38)24-9-12-26(13-10-24)33-42(39,40)27-14-11-25-18-28(34(3)29(25)19-27)23-7-4-22(5-8-23)6-15-31(36)37/h4-5,7-8,11,14,18-19,21,24,26,30,33H,6,9-10,12-13,15-17,20H2,1-3H3,(H,36,37)/t24?,26?,30-/m1/s1. The zero-order valence-corrected chi connectivity index (χ0v) is 25.4. The molecule has 1 saturated carbocycles. The van der Waals surface area contributed by atoms with Crippen molar-refractivity contribution in [1.82, 2.24) is 14.2 Å². The van der Waals surface area contributed by atoms with Crippen molar-refractivity contribution in [1.29, 1.82) is 0 Å². The average molecular weight is 596 g/mol. The first-order chi connectivity index (χ1) is 20.0. The van der Waals surface area contributed by atoms with Gasteiger partial charge in [-0.15, -0.1) is 0 Å². The molecule has 1 aliphatic carbocycles. The van der Waals surface area contributed by atoms with E-state index >= 15 is 0 Å². The van der Waals surface area contributed by atoms with E-state index in [1.54, 1.807) is 12.1 Å². The number of amides is 1. The van der Waals surface area contributed by atoms with Gasteiger partial charge in [0.05, 0.1) is 24.2 Å². The SMILES string of the molecule is CC(C)[C@H]1COCCN1C(=O)C1CCC(NS(=O)(=O)c2ccc3cc(-c4ccc(CCC(=O)O)cc4)n(C)c3c2)CC1. The lowest BCUT2D eigenvalue weighted by atomic mass is 9.85. The number of aryl methyl sites for hydroxylation is 2. The lowest BCUT2D eigenvalue weighted by molar-refractivity contribution is -0.147. The Kier molecular flexibility index (Phi) is 9.05. The number of carboxylic acids is 1. The Hall–Kier alpha value is -3.21. The highest BCUT2D eigenvalue weighted by atomic mass is 32.2. The minimum atomic E-state index is -3.74. The van der Waals surface area contributed by atoms with Crippen LogP contribution in [0, 0.1) is 11.8 Å². The lowest BCUT2D eigenvalue weighted by Crippen LogP contribution is -2.53. The topological polar surface area (TPSA) is 118 Å². The van der Waals surface area contributed by atoms with Gasteiger partial charge in [-0.1, -0.05) is 44.2 Å². The second-order valence-electron chi connectivity index (χ2n) is 12.0. The van der Waals surface area contributed by atoms with Crippen LogP contribution in [-0.4, -0.2) is 66.7 Å². The van der Waals surface area contributed by atoms with Gasteiger partial charge in [0.25, 0.3) is 0 Å². The largest absolute Gasteiger partial charge is 0.481 e. The zero-order chi connectivity index (χ0) is 30.0. The Morgan fingerprint density at radius 3 is 2.43 bits per heavy atom. The molecule has 0 spiro atoms. The number of ether oxygens (including phenoxy) is 1. The molecule has 2 aromatic carbocycles. The molecule has 226 valence electrons. The van der Waals surface area contributed by atoms with Crippen LogP contribution in [0.5, 0.6) is 0 Å². The molecule has 2 fully saturated rings. The third-order valence-electron chi connectivity index (χ3n) is 8.82. The Morgan fingerprint density at radius 1 is 1.05 bits per heavy atom. The molecule has 42 heavy (non-hydrogen) atoms. The average Bonchev–Trinajstić information content (AvgIpc) is 3.31. The summed E-state index contributed by atoms with van der Waals surface area (Å²) >= 11 is 0. The van der Waals surface area contributed by atoms with Gasteiger partial charge in [-0.25, -0.2) is 13.1 Å². The van der Waals surface area contributed by atoms with Crippen LogP contribution < -0.4 is 4.72 Å². The summed E-state index contributed by atoms with van der Waals surface area (Å²) in [7, 11) is -1.83. The molecule has 1 aromatic heterocycles. The normalized spacial score (nSPS) is 21.6. The maximum absolute atomic E-state index is 13.4. The second-order valence-corrected chi connectivity index (χ2v) is 13.7. The number of aromatic nitrogens is 1. The Labute approximate surface area is 247 Å². The summed E-state index contributed by atoms with van der Waals surface area (Å²) in [6, 6.07) is 14.9. The minimum absolute atomic E-state index is 0.0746. The predicted molar refractivity (Wildman–Crippen MR) is 162 cm³/mol. The first-order valence-corrected chi connectivity index (χ1v) is 16.3. The first-order valence-electron chi connectivity index (χ1n) is 14.8. The number of rotatable bonds is 9. The number of aliphatic carboxylic acids is 1. The Bertz CT molecular complexity index is 1540. The number of morpholine rings is 1. The van der Waals surface area contributed by atoms with Gasteiger partial charge >= 0.3 is 5.97 Å². The van der Waals surface area contributed by atoms with Crippen molar-refractivity contribution in [2.75, 3.05) is 19.8 Å². The summed E-state index contributed by atoms with van der Waals surface area (Å²) < 4.78 is 37.3. The molecule has 2 aliphatic rings. The van der Waals surface area contributed by atoms with Crippen molar-refractivity contribution in [3.05, 3.63) is 54.1 Å². The van der Waals surface area contributed by atoms with Crippen LogP contribution in [0.25, 0.3) is 22.2 Å². The van der Waals surface area contributed by atoms with Crippen molar-refractivity contribution in [3.63, 3.8) is 0 Å². The molecular formula is C32H41N3O6S. The van der Waals surface area contributed by atoms with E-state index in [0.29, 0.717) is 57.8 Å². The maximum Gasteiger partial charge on any atom is 0.303 e. The Morgan fingerprint density at radius 2 is 1.76 bits per heavy atom. The minimum Gasteiger partial charge on any atom is -0.481 e. The number of hydrogen-bond donors (Lipinski definition) is 2. The first kappa shape index (κ1) is 30.3. The number of fused-ring (bicyclic) bond motifs is 1. The van der Waals surface area contributed by atoms with Gasteiger partial charge in [0.1, 0.15) is 0 Å². The van der Waals surface area contributed by atoms with Crippen LogP contribution in [0.15, 0.2) is 53.4 Å². The third kappa shape index (κ3) is 6.55. The van der Waals surface area contributed by atoms with Crippen molar-refractivity contribution in [2.24, 2.45) is 18.9 Å². The van der Waals surface area contributed by atoms with E-state index in [9.17, 15) is 18.0 Å². The van der Waals surface area contributed by atoms with E-state index in [1.165, 1.54) is 0 Å². The smallest absolute Gasteiger partial charge is 0.303 e. The maximum atomic E-state index is 13.4. The van der Waals surface area contributed by atoms with Gasteiger partial charge in [-0.3, -0.25) is 9.59 Å². The van der Waals surface area contributed by atoms with Crippen LogP contribution in [0.4, 0.5) is 0 Å². The molecule has 2 heterocycles. The quantitative estimate of drug-likeness (QED) is 0.374. The molecule has 2 N–H and O–H groups in total. The van der Waals surface area contributed by atoms with Crippen molar-refractivity contribution >= 4 is 32.8 Å². The number of carbonyl (C=O) groups is 2. The van der Waals surface area contributed by atoms with Gasteiger partial charge < -0.3 is 19.3 Å². The molecular weight excluding hydrogens is 554 g/mol. The van der Waals surface area contributed by atoms with Crippen LogP contribution >= 0.6 is 0 Å². The molecule has 0 radical (unpaired) electrons. The van der Waals surface area contributed by atoms with Crippen molar-refractivity contribution in [2.45, 2.75) is 69.4 Å². The zero-order valence-electron chi connectivity index (χ0n) is 24.6. The summed E-state index contributed by atoms with van der Waals surface area (Å²) in [6.07, 6.45) is 3.17. The van der Waals surface area contributed by atoms with E-state index in [2.05, 4.69) is 18.6 Å². The number of carbonyl (C=O) groups excluding carboxylic acids is 1. The summed E-state index contributed by atoms with van der Waals surface area (Å²) in [4.78, 5) is 26.4. The van der Waals surface area contributed by atoms with E-state index in [0.717, 1.165) is 27.7 Å². The van der Waals surface area contributed by atoms with Gasteiger partial charge in [-0.05, 0) is 67.3 Å². The van der Waals surface area contributed by atoms with Gasteiger partial charge in [0.15, 0.2) is 0 Å². The van der Waals surface area contributed by atoms with Gasteiger partial charge in [0.2, 0.25) is 15.9 Å². The molecule has 0 unspecified atom stereocenters. The number of nitrogens with one attached hydrogen (secondary N) is 1. The summed E-state index contributed by atoms with van der Waals surface area (Å²) in [6.45, 7) is 5.99. The molecule has 0 bridgehead atoms. The van der Waals surface area contributed by atoms with Crippen LogP contribution in [0.3, 0.4) is 0 Å². The number of benzene rings is 2. The fourth-order valence-corrected chi connectivity index (χ4v) is 7.60. The van der Waals surface area contributed by atoms with E-state index < -0.39 is 16.0 Å². The highest BCUT2D eigenvalue weighted by Crippen LogP contribution is 2.31. The molecule has 1 saturated heterocycles. The number of hydrogen-bond acceptors (Lipinski definition) is 5. The highest BCUT2D eigenvalue weighted by molar-refractivity contribution is 7.89. The second kappa shape index (κ2) is 12.6. The summed E-state index contributed by atoms with van der Waals surface area (Å²) in [5.74, 6) is -0.391.